The van der Waals surface area contributed by atoms with Gasteiger partial charge in [-0.15, -0.1) is 0 Å². The first-order valence-electron chi connectivity index (χ1n) is 5.83. The molecular formula is C12H16FN3O. The molecule has 5 heteroatoms. The Labute approximate surface area is 99.4 Å². The van der Waals surface area contributed by atoms with Crippen molar-refractivity contribution < 1.29 is 9.18 Å². The van der Waals surface area contributed by atoms with Gasteiger partial charge in [-0.3, -0.25) is 4.79 Å². The summed E-state index contributed by atoms with van der Waals surface area (Å²) in [4.78, 5) is 15.4. The number of nitrogen functional groups attached to an aromatic ring is 1. The molecule has 1 amide bonds. The molecule has 0 saturated heterocycles. The highest BCUT2D eigenvalue weighted by molar-refractivity contribution is 5.98. The summed E-state index contributed by atoms with van der Waals surface area (Å²) in [5.74, 6) is -0.258. The van der Waals surface area contributed by atoms with Crippen molar-refractivity contribution in [2.75, 3.05) is 5.73 Å². The van der Waals surface area contributed by atoms with Crippen LogP contribution in [-0.2, 0) is 0 Å². The summed E-state index contributed by atoms with van der Waals surface area (Å²) in [5.41, 5.74) is 5.66. The molecule has 17 heavy (non-hydrogen) atoms. The molecule has 1 aromatic heterocycles. The molecule has 2 rings (SSSR count). The second-order valence-corrected chi connectivity index (χ2v) is 4.45. The Morgan fingerprint density at radius 1 is 1.71 bits per heavy atom. The van der Waals surface area contributed by atoms with E-state index in [2.05, 4.69) is 17.2 Å². The van der Waals surface area contributed by atoms with E-state index in [-0.39, 0.29) is 23.3 Å². The summed E-state index contributed by atoms with van der Waals surface area (Å²) in [7, 11) is 0. The minimum absolute atomic E-state index is 0.0663. The smallest absolute Gasteiger partial charge is 0.255 e. The van der Waals surface area contributed by atoms with Gasteiger partial charge in [-0.2, -0.15) is 0 Å². The molecule has 0 radical (unpaired) electrons. The Morgan fingerprint density at radius 2 is 2.47 bits per heavy atom. The van der Waals surface area contributed by atoms with Crippen LogP contribution < -0.4 is 11.1 Å². The van der Waals surface area contributed by atoms with E-state index in [1.54, 1.807) is 0 Å². The number of nitrogens with one attached hydrogen (secondary N) is 1. The molecule has 1 aromatic rings. The summed E-state index contributed by atoms with van der Waals surface area (Å²) < 4.78 is 13.0. The number of hydrogen-bond acceptors (Lipinski definition) is 3. The third-order valence-corrected chi connectivity index (χ3v) is 3.03. The largest absolute Gasteiger partial charge is 0.383 e. The van der Waals surface area contributed by atoms with E-state index in [0.717, 1.165) is 31.5 Å². The predicted octanol–water partition coefficient (Wildman–Crippen LogP) is 1.72. The molecule has 1 fully saturated rings. The molecule has 1 saturated carbocycles. The molecule has 1 aliphatic rings. The van der Waals surface area contributed by atoms with E-state index < -0.39 is 5.82 Å². The lowest BCUT2D eigenvalue weighted by Crippen LogP contribution is -2.28. The number of rotatable bonds is 4. The van der Waals surface area contributed by atoms with Gasteiger partial charge in [0, 0.05) is 6.04 Å². The fourth-order valence-corrected chi connectivity index (χ4v) is 1.99. The first-order valence-corrected chi connectivity index (χ1v) is 5.83. The summed E-state index contributed by atoms with van der Waals surface area (Å²) in [6.07, 6.45) is 4.23. The van der Waals surface area contributed by atoms with Crippen molar-refractivity contribution in [2.45, 2.75) is 32.2 Å². The molecule has 4 nitrogen and oxygen atoms in total. The molecule has 2 unspecified atom stereocenters. The normalized spacial score (nSPS) is 22.2. The van der Waals surface area contributed by atoms with E-state index >= 15 is 0 Å². The number of amides is 1. The Balaban J connectivity index is 1.98. The maximum atomic E-state index is 13.0. The lowest BCUT2D eigenvalue weighted by Gasteiger charge is -2.06. The van der Waals surface area contributed by atoms with Gasteiger partial charge in [0.2, 0.25) is 0 Å². The Kier molecular flexibility index (Phi) is 3.26. The van der Waals surface area contributed by atoms with Gasteiger partial charge in [0.15, 0.2) is 0 Å². The minimum atomic E-state index is -0.551. The second-order valence-electron chi connectivity index (χ2n) is 4.45. The molecule has 2 atom stereocenters. The number of hydrogen-bond donors (Lipinski definition) is 2. The van der Waals surface area contributed by atoms with Gasteiger partial charge in [0.25, 0.3) is 5.91 Å². The summed E-state index contributed by atoms with van der Waals surface area (Å²) in [6, 6.07) is 1.33. The van der Waals surface area contributed by atoms with E-state index in [4.69, 9.17) is 5.73 Å². The molecule has 0 aromatic carbocycles. The molecule has 3 N–H and O–H groups in total. The van der Waals surface area contributed by atoms with Crippen LogP contribution in [0.4, 0.5) is 10.2 Å². The van der Waals surface area contributed by atoms with E-state index in [9.17, 15) is 9.18 Å². The maximum absolute atomic E-state index is 13.0. The molecule has 92 valence electrons. The average Bonchev–Trinajstić information content (AvgIpc) is 3.00. The summed E-state index contributed by atoms with van der Waals surface area (Å²) in [5, 5.41) is 2.85. The zero-order chi connectivity index (χ0) is 12.4. The monoisotopic (exact) mass is 237 g/mol. The van der Waals surface area contributed by atoms with Crippen LogP contribution in [0, 0.1) is 11.7 Å². The quantitative estimate of drug-likeness (QED) is 0.837. The van der Waals surface area contributed by atoms with Gasteiger partial charge in [-0.1, -0.05) is 13.3 Å². The molecule has 0 bridgehead atoms. The first kappa shape index (κ1) is 11.8. The van der Waals surface area contributed by atoms with Crippen LogP contribution in [0.2, 0.25) is 0 Å². The molecule has 1 aliphatic carbocycles. The number of nitrogens with zero attached hydrogens (tertiary/aromatic N) is 1. The van der Waals surface area contributed by atoms with Gasteiger partial charge in [0.1, 0.15) is 11.6 Å². The second kappa shape index (κ2) is 4.69. The van der Waals surface area contributed by atoms with Crippen LogP contribution in [0.5, 0.6) is 0 Å². The number of aromatic nitrogens is 1. The topological polar surface area (TPSA) is 68.0 Å². The van der Waals surface area contributed by atoms with Crippen LogP contribution in [0.15, 0.2) is 12.3 Å². The Hall–Kier alpha value is -1.65. The van der Waals surface area contributed by atoms with Crippen molar-refractivity contribution in [3.63, 3.8) is 0 Å². The van der Waals surface area contributed by atoms with Crippen LogP contribution in [0.25, 0.3) is 0 Å². The van der Waals surface area contributed by atoms with Gasteiger partial charge in [0.05, 0.1) is 11.8 Å². The van der Waals surface area contributed by atoms with E-state index in [0.29, 0.717) is 5.92 Å². The highest BCUT2D eigenvalue weighted by Crippen LogP contribution is 2.34. The van der Waals surface area contributed by atoms with Crippen molar-refractivity contribution in [3.8, 4) is 0 Å². The summed E-state index contributed by atoms with van der Waals surface area (Å²) in [6.45, 7) is 2.12. The first-order chi connectivity index (χ1) is 8.11. The van der Waals surface area contributed by atoms with Gasteiger partial charge >= 0.3 is 0 Å². The number of nitrogens with two attached hydrogens (primary N) is 1. The minimum Gasteiger partial charge on any atom is -0.383 e. The number of pyridine rings is 1. The van der Waals surface area contributed by atoms with E-state index in [1.807, 2.05) is 0 Å². The van der Waals surface area contributed by atoms with Crippen LogP contribution in [0.3, 0.4) is 0 Å². The van der Waals surface area contributed by atoms with Crippen molar-refractivity contribution in [2.24, 2.45) is 5.92 Å². The molecule has 0 spiro atoms. The maximum Gasteiger partial charge on any atom is 0.255 e. The number of carbonyl (C=O) groups excluding carboxylic acids is 1. The fraction of sp³-hybridized carbons (Fsp3) is 0.500. The molecular weight excluding hydrogens is 221 g/mol. The van der Waals surface area contributed by atoms with Gasteiger partial charge in [-0.05, 0) is 24.8 Å². The zero-order valence-corrected chi connectivity index (χ0v) is 9.74. The van der Waals surface area contributed by atoms with Gasteiger partial charge < -0.3 is 11.1 Å². The highest BCUT2D eigenvalue weighted by Gasteiger charge is 2.37. The standard InChI is InChI=1S/C12H16FN3O/c1-2-3-7-4-10(7)16-12(17)9-5-8(13)6-15-11(9)14/h5-7,10H,2-4H2,1H3,(H2,14,15)(H,16,17). The van der Waals surface area contributed by atoms with E-state index in [1.165, 1.54) is 0 Å². The third-order valence-electron chi connectivity index (χ3n) is 3.03. The SMILES string of the molecule is CCCC1CC1NC(=O)c1cc(F)cnc1N. The van der Waals surface area contributed by atoms with Crippen LogP contribution in [0.1, 0.15) is 36.5 Å². The summed E-state index contributed by atoms with van der Waals surface area (Å²) >= 11 is 0. The van der Waals surface area contributed by atoms with Crippen molar-refractivity contribution in [3.05, 3.63) is 23.6 Å². The Bertz CT molecular complexity index is 436. The fourth-order valence-electron chi connectivity index (χ4n) is 1.99. The zero-order valence-electron chi connectivity index (χ0n) is 9.74. The van der Waals surface area contributed by atoms with Crippen LogP contribution >= 0.6 is 0 Å². The Morgan fingerprint density at radius 3 is 3.18 bits per heavy atom. The predicted molar refractivity (Wildman–Crippen MR) is 62.9 cm³/mol. The third kappa shape index (κ3) is 2.72. The van der Waals surface area contributed by atoms with Crippen molar-refractivity contribution >= 4 is 11.7 Å². The number of halogens is 1. The number of carbonyl (C=O) groups is 1. The lowest BCUT2D eigenvalue weighted by atomic mass is 10.2. The molecule has 1 heterocycles. The van der Waals surface area contributed by atoms with Crippen molar-refractivity contribution in [1.29, 1.82) is 0 Å². The van der Waals surface area contributed by atoms with Crippen molar-refractivity contribution in [1.82, 2.24) is 10.3 Å². The van der Waals surface area contributed by atoms with Crippen LogP contribution in [-0.4, -0.2) is 16.9 Å². The highest BCUT2D eigenvalue weighted by atomic mass is 19.1. The van der Waals surface area contributed by atoms with Gasteiger partial charge in [-0.25, -0.2) is 9.37 Å². The number of anilines is 1. The molecule has 0 aliphatic heterocycles. The lowest BCUT2D eigenvalue weighted by molar-refractivity contribution is 0.0949. The average molecular weight is 237 g/mol.